The van der Waals surface area contributed by atoms with Crippen LogP contribution in [0.2, 0.25) is 0 Å². The normalized spacial score (nSPS) is 40.0. The first-order valence-electron chi connectivity index (χ1n) is 8.19. The second-order valence-corrected chi connectivity index (χ2v) is 7.57. The molecule has 0 heterocycles. The third-order valence-electron chi connectivity index (χ3n) is 6.65. The summed E-state index contributed by atoms with van der Waals surface area (Å²) in [5.41, 5.74) is 1.39. The standard InChI is InChI=1S/C18H22O4/c1-18-5-4-9-10-6-15(20)16(21)8-12(10)14(19)7-11(9)13(18)2-3-17(18)22/h6,8-9,11,13,17,20-22H,2-5,7H2,1H3/t9-,11-,13+,17-,18+/m1/s1. The fraction of sp³-hybridized carbons (Fsp3) is 0.611. The minimum Gasteiger partial charge on any atom is -0.504 e. The van der Waals surface area contributed by atoms with Crippen molar-refractivity contribution in [3.63, 3.8) is 0 Å². The number of carbonyl (C=O) groups is 1. The molecule has 3 aliphatic rings. The van der Waals surface area contributed by atoms with Crippen molar-refractivity contribution in [3.8, 4) is 11.5 Å². The van der Waals surface area contributed by atoms with Gasteiger partial charge in [-0.05, 0) is 66.5 Å². The monoisotopic (exact) mass is 302 g/mol. The Morgan fingerprint density at radius 2 is 1.86 bits per heavy atom. The first-order valence-corrected chi connectivity index (χ1v) is 8.19. The Kier molecular flexibility index (Phi) is 2.86. The molecule has 0 aromatic heterocycles. The van der Waals surface area contributed by atoms with Crippen LogP contribution in [-0.2, 0) is 0 Å². The summed E-state index contributed by atoms with van der Waals surface area (Å²) in [6, 6.07) is 2.99. The van der Waals surface area contributed by atoms with Crippen LogP contribution in [0.1, 0.15) is 60.9 Å². The summed E-state index contributed by atoms with van der Waals surface area (Å²) >= 11 is 0. The molecule has 3 aliphatic carbocycles. The fourth-order valence-electron chi connectivity index (χ4n) is 5.40. The number of hydrogen-bond acceptors (Lipinski definition) is 4. The number of carbonyl (C=O) groups excluding carboxylic acids is 1. The molecule has 0 spiro atoms. The summed E-state index contributed by atoms with van der Waals surface area (Å²) in [5, 5.41) is 29.9. The van der Waals surface area contributed by atoms with Crippen LogP contribution >= 0.6 is 0 Å². The van der Waals surface area contributed by atoms with Crippen LogP contribution in [-0.4, -0.2) is 27.2 Å². The third-order valence-corrected chi connectivity index (χ3v) is 6.65. The van der Waals surface area contributed by atoms with E-state index in [0.29, 0.717) is 17.9 Å². The molecular weight excluding hydrogens is 280 g/mol. The second kappa shape index (κ2) is 4.48. The lowest BCUT2D eigenvalue weighted by Crippen LogP contribution is -2.44. The van der Waals surface area contributed by atoms with Gasteiger partial charge in [-0.1, -0.05) is 6.92 Å². The summed E-state index contributed by atoms with van der Waals surface area (Å²) in [6.07, 6.45) is 3.92. The van der Waals surface area contributed by atoms with Crippen molar-refractivity contribution in [2.24, 2.45) is 17.3 Å². The molecule has 0 radical (unpaired) electrons. The van der Waals surface area contributed by atoms with Crippen molar-refractivity contribution in [2.45, 2.75) is 51.0 Å². The average molecular weight is 302 g/mol. The zero-order chi connectivity index (χ0) is 15.6. The molecule has 2 saturated carbocycles. The van der Waals surface area contributed by atoms with Gasteiger partial charge in [-0.25, -0.2) is 0 Å². The summed E-state index contributed by atoms with van der Waals surface area (Å²) in [7, 11) is 0. The molecule has 1 aromatic rings. The number of ketones is 1. The molecule has 0 aliphatic heterocycles. The smallest absolute Gasteiger partial charge is 0.163 e. The summed E-state index contributed by atoms with van der Waals surface area (Å²) < 4.78 is 0. The SMILES string of the molecule is C[C@]12CC[C@@H]3c4cc(O)c(O)cc4C(=O)C[C@H]3[C@@H]1CC[C@H]2O. The maximum Gasteiger partial charge on any atom is 0.163 e. The van der Waals surface area contributed by atoms with Crippen molar-refractivity contribution < 1.29 is 20.1 Å². The van der Waals surface area contributed by atoms with Gasteiger partial charge in [0.25, 0.3) is 0 Å². The number of phenols is 2. The fourth-order valence-corrected chi connectivity index (χ4v) is 5.40. The second-order valence-electron chi connectivity index (χ2n) is 7.57. The summed E-state index contributed by atoms with van der Waals surface area (Å²) in [4.78, 5) is 12.5. The van der Waals surface area contributed by atoms with E-state index in [-0.39, 0.29) is 40.6 Å². The number of Topliss-reactive ketones (excluding diaryl/α,β-unsaturated/α-hetero) is 1. The minimum atomic E-state index is -0.261. The number of phenolic OH excluding ortho intramolecular Hbond substituents is 2. The molecule has 0 amide bonds. The van der Waals surface area contributed by atoms with E-state index in [1.807, 2.05) is 0 Å². The van der Waals surface area contributed by atoms with Crippen molar-refractivity contribution in [1.29, 1.82) is 0 Å². The van der Waals surface area contributed by atoms with Crippen LogP contribution in [0.4, 0.5) is 0 Å². The van der Waals surface area contributed by atoms with E-state index in [0.717, 1.165) is 31.2 Å². The molecule has 22 heavy (non-hydrogen) atoms. The molecule has 0 bridgehead atoms. The molecule has 118 valence electrons. The molecule has 1 aromatic carbocycles. The van der Waals surface area contributed by atoms with Crippen molar-refractivity contribution in [3.05, 3.63) is 23.3 Å². The van der Waals surface area contributed by atoms with E-state index in [1.165, 1.54) is 6.07 Å². The number of aliphatic hydroxyl groups is 1. The largest absolute Gasteiger partial charge is 0.504 e. The topological polar surface area (TPSA) is 77.8 Å². The quantitative estimate of drug-likeness (QED) is 0.644. The number of aromatic hydroxyl groups is 2. The molecule has 4 nitrogen and oxygen atoms in total. The van der Waals surface area contributed by atoms with Crippen LogP contribution < -0.4 is 0 Å². The number of fused-ring (bicyclic) bond motifs is 5. The lowest BCUT2D eigenvalue weighted by atomic mass is 9.55. The first kappa shape index (κ1) is 14.1. The van der Waals surface area contributed by atoms with Gasteiger partial charge in [-0.3, -0.25) is 4.79 Å². The molecule has 4 heteroatoms. The van der Waals surface area contributed by atoms with Gasteiger partial charge in [0.05, 0.1) is 6.10 Å². The van der Waals surface area contributed by atoms with Gasteiger partial charge in [0.1, 0.15) is 0 Å². The van der Waals surface area contributed by atoms with Crippen LogP contribution in [0.3, 0.4) is 0 Å². The van der Waals surface area contributed by atoms with Crippen LogP contribution in [0, 0.1) is 17.3 Å². The van der Waals surface area contributed by atoms with Gasteiger partial charge in [-0.15, -0.1) is 0 Å². The third kappa shape index (κ3) is 1.70. The molecule has 5 atom stereocenters. The maximum absolute atomic E-state index is 12.5. The Morgan fingerprint density at radius 1 is 1.14 bits per heavy atom. The maximum atomic E-state index is 12.5. The number of aliphatic hydroxyl groups excluding tert-OH is 1. The van der Waals surface area contributed by atoms with Gasteiger partial charge < -0.3 is 15.3 Å². The van der Waals surface area contributed by atoms with E-state index >= 15 is 0 Å². The van der Waals surface area contributed by atoms with Gasteiger partial charge >= 0.3 is 0 Å². The first-order chi connectivity index (χ1) is 10.4. The highest BCUT2D eigenvalue weighted by molar-refractivity contribution is 5.99. The number of hydrogen-bond donors (Lipinski definition) is 3. The number of rotatable bonds is 0. The Balaban J connectivity index is 1.79. The zero-order valence-electron chi connectivity index (χ0n) is 12.7. The van der Waals surface area contributed by atoms with Crippen LogP contribution in [0.15, 0.2) is 12.1 Å². The van der Waals surface area contributed by atoms with Gasteiger partial charge in [0, 0.05) is 12.0 Å². The Bertz CT molecular complexity index is 653. The van der Waals surface area contributed by atoms with Gasteiger partial charge in [0.15, 0.2) is 17.3 Å². The van der Waals surface area contributed by atoms with E-state index in [2.05, 4.69) is 6.92 Å². The molecule has 2 fully saturated rings. The Hall–Kier alpha value is -1.55. The lowest BCUT2D eigenvalue weighted by molar-refractivity contribution is -0.0208. The van der Waals surface area contributed by atoms with E-state index in [4.69, 9.17) is 0 Å². The molecule has 4 rings (SSSR count). The zero-order valence-corrected chi connectivity index (χ0v) is 12.7. The summed E-state index contributed by atoms with van der Waals surface area (Å²) in [6.45, 7) is 2.17. The highest BCUT2D eigenvalue weighted by atomic mass is 16.3. The van der Waals surface area contributed by atoms with Crippen molar-refractivity contribution in [2.75, 3.05) is 0 Å². The molecule has 0 unspecified atom stereocenters. The lowest BCUT2D eigenvalue weighted by Gasteiger charge is -2.49. The van der Waals surface area contributed by atoms with Crippen LogP contribution in [0.5, 0.6) is 11.5 Å². The average Bonchev–Trinajstić information content (AvgIpc) is 2.78. The van der Waals surface area contributed by atoms with Crippen molar-refractivity contribution in [1.82, 2.24) is 0 Å². The molecular formula is C18H22O4. The van der Waals surface area contributed by atoms with E-state index in [9.17, 15) is 20.1 Å². The molecule has 0 saturated heterocycles. The van der Waals surface area contributed by atoms with E-state index < -0.39 is 0 Å². The minimum absolute atomic E-state index is 0.0530. The molecule has 3 N–H and O–H groups in total. The summed E-state index contributed by atoms with van der Waals surface area (Å²) in [5.74, 6) is 0.559. The van der Waals surface area contributed by atoms with Gasteiger partial charge in [-0.2, -0.15) is 0 Å². The predicted molar refractivity (Wildman–Crippen MR) is 81.0 cm³/mol. The predicted octanol–water partition coefficient (Wildman–Crippen LogP) is 2.96. The Labute approximate surface area is 129 Å². The highest BCUT2D eigenvalue weighted by Crippen LogP contribution is 2.61. The number of benzene rings is 1. The van der Waals surface area contributed by atoms with E-state index in [1.54, 1.807) is 6.07 Å². The van der Waals surface area contributed by atoms with Gasteiger partial charge in [0.2, 0.25) is 0 Å². The van der Waals surface area contributed by atoms with Crippen LogP contribution in [0.25, 0.3) is 0 Å². The Morgan fingerprint density at radius 3 is 2.64 bits per heavy atom. The van der Waals surface area contributed by atoms with Crippen molar-refractivity contribution >= 4 is 5.78 Å². The highest BCUT2D eigenvalue weighted by Gasteiger charge is 2.55.